The minimum Gasteiger partial charge on any atom is -0.539 e. The molecule has 0 radical (unpaired) electrons. The van der Waals surface area contributed by atoms with E-state index < -0.39 is 11.7 Å². The monoisotopic (exact) mass is 161 g/mol. The first-order valence-corrected chi connectivity index (χ1v) is 3.24. The van der Waals surface area contributed by atoms with Crippen LogP contribution in [0, 0.1) is 0 Å². The highest BCUT2D eigenvalue weighted by atomic mass is 16.4. The van der Waals surface area contributed by atoms with Gasteiger partial charge in [-0.2, -0.15) is 4.79 Å². The van der Waals surface area contributed by atoms with Gasteiger partial charge >= 0.3 is 5.71 Å². The van der Waals surface area contributed by atoms with Crippen molar-refractivity contribution in [3.05, 3.63) is 41.4 Å². The molecule has 0 aliphatic rings. The van der Waals surface area contributed by atoms with Crippen molar-refractivity contribution in [3.8, 4) is 0 Å². The summed E-state index contributed by atoms with van der Waals surface area (Å²) < 4.78 is 0. The quantitative estimate of drug-likeness (QED) is 0.331. The van der Waals surface area contributed by atoms with Gasteiger partial charge < -0.3 is 15.4 Å². The van der Waals surface area contributed by atoms with Crippen molar-refractivity contribution < 1.29 is 14.7 Å². The fourth-order valence-electron chi connectivity index (χ4n) is 0.812. The summed E-state index contributed by atoms with van der Waals surface area (Å²) in [4.78, 5) is 12.9. The van der Waals surface area contributed by atoms with Crippen molar-refractivity contribution >= 4 is 11.7 Å². The molecule has 0 fully saturated rings. The predicted molar refractivity (Wildman–Crippen MR) is 39.2 cm³/mol. The molecule has 60 valence electrons. The van der Waals surface area contributed by atoms with E-state index in [4.69, 9.17) is 5.53 Å². The molecule has 0 heterocycles. The van der Waals surface area contributed by atoms with Crippen LogP contribution < -0.4 is 5.11 Å². The summed E-state index contributed by atoms with van der Waals surface area (Å²) in [5.41, 5.74) is 8.17. The van der Waals surface area contributed by atoms with Crippen LogP contribution in [-0.2, 0) is 4.79 Å². The van der Waals surface area contributed by atoms with E-state index in [1.807, 2.05) is 0 Å². The van der Waals surface area contributed by atoms with Gasteiger partial charge in [-0.1, -0.05) is 18.2 Å². The Kier molecular flexibility index (Phi) is 2.35. The molecule has 1 rings (SSSR count). The number of carbonyl (C=O) groups is 1. The first-order chi connectivity index (χ1) is 5.75. The van der Waals surface area contributed by atoms with Gasteiger partial charge in [0, 0.05) is 0 Å². The summed E-state index contributed by atoms with van der Waals surface area (Å²) >= 11 is 0. The lowest BCUT2D eigenvalue weighted by Crippen LogP contribution is -2.32. The number of carboxylic acid groups (broad SMARTS) is 1. The van der Waals surface area contributed by atoms with Crippen LogP contribution in [0.5, 0.6) is 0 Å². The zero-order valence-corrected chi connectivity index (χ0v) is 6.10. The van der Waals surface area contributed by atoms with Crippen LogP contribution in [0.4, 0.5) is 0 Å². The van der Waals surface area contributed by atoms with Gasteiger partial charge in [-0.05, 0) is 12.1 Å². The summed E-state index contributed by atoms with van der Waals surface area (Å²) in [6, 6.07) is 8.05. The van der Waals surface area contributed by atoms with Gasteiger partial charge in [0.1, 0.15) is 0 Å². The highest BCUT2D eigenvalue weighted by Crippen LogP contribution is 1.97. The maximum atomic E-state index is 10.3. The van der Waals surface area contributed by atoms with Gasteiger partial charge in [0.2, 0.25) is 0 Å². The molecule has 12 heavy (non-hydrogen) atoms. The number of carbonyl (C=O) groups excluding carboxylic acids is 1. The maximum Gasteiger partial charge on any atom is 0.345 e. The second-order valence-corrected chi connectivity index (χ2v) is 2.10. The molecule has 1 aromatic rings. The standard InChI is InChI=1S/C8H6N2O2/c9-10-7(8(11)12)6-4-2-1-3-5-6/h1-5H,(H,11,12)/p-1. The first-order valence-electron chi connectivity index (χ1n) is 3.24. The number of nitrogens with zero attached hydrogens (tertiary/aromatic N) is 2. The molecule has 0 amide bonds. The van der Waals surface area contributed by atoms with Crippen LogP contribution in [-0.4, -0.2) is 16.5 Å². The van der Waals surface area contributed by atoms with E-state index in [0.29, 0.717) is 5.56 Å². The van der Waals surface area contributed by atoms with Gasteiger partial charge in [-0.25, -0.2) is 0 Å². The fraction of sp³-hybridized carbons (Fsp3) is 0. The van der Waals surface area contributed by atoms with Crippen LogP contribution in [0.3, 0.4) is 0 Å². The molecule has 4 heteroatoms. The molecule has 0 saturated carbocycles. The van der Waals surface area contributed by atoms with Gasteiger partial charge in [-0.3, -0.25) is 0 Å². The Bertz CT molecular complexity index is 339. The minimum atomic E-state index is -1.50. The Morgan fingerprint density at radius 1 is 1.33 bits per heavy atom. The molecule has 0 aliphatic heterocycles. The topological polar surface area (TPSA) is 76.5 Å². The van der Waals surface area contributed by atoms with Crippen molar-refractivity contribution in [2.24, 2.45) is 0 Å². The van der Waals surface area contributed by atoms with E-state index in [9.17, 15) is 9.90 Å². The van der Waals surface area contributed by atoms with Crippen LogP contribution in [0.1, 0.15) is 5.56 Å². The highest BCUT2D eigenvalue weighted by Gasteiger charge is 2.11. The molecule has 0 saturated heterocycles. The van der Waals surface area contributed by atoms with E-state index in [2.05, 4.69) is 4.79 Å². The molecule has 0 aliphatic carbocycles. The SMILES string of the molecule is [N-]=[N+]=C(C(=O)[O-])c1ccccc1. The minimum absolute atomic E-state index is 0.319. The van der Waals surface area contributed by atoms with E-state index in [-0.39, 0.29) is 0 Å². The molecule has 1 aromatic carbocycles. The Morgan fingerprint density at radius 3 is 2.33 bits per heavy atom. The van der Waals surface area contributed by atoms with E-state index in [0.717, 1.165) is 0 Å². The lowest BCUT2D eigenvalue weighted by atomic mass is 10.1. The number of aliphatic carboxylic acids is 1. The predicted octanol–water partition coefficient (Wildman–Crippen LogP) is -0.545. The van der Waals surface area contributed by atoms with E-state index in [1.54, 1.807) is 18.2 Å². The van der Waals surface area contributed by atoms with Gasteiger partial charge in [0.15, 0.2) is 5.97 Å². The average molecular weight is 161 g/mol. The second-order valence-electron chi connectivity index (χ2n) is 2.10. The number of hydrogen-bond acceptors (Lipinski definition) is 2. The number of benzene rings is 1. The second kappa shape index (κ2) is 3.46. The number of rotatable bonds is 2. The Balaban J connectivity index is 3.14. The third-order valence-electron chi connectivity index (χ3n) is 1.34. The zero-order chi connectivity index (χ0) is 8.97. The smallest absolute Gasteiger partial charge is 0.345 e. The Labute approximate surface area is 68.7 Å². The average Bonchev–Trinajstić information content (AvgIpc) is 2.07. The largest absolute Gasteiger partial charge is 0.539 e. The summed E-state index contributed by atoms with van der Waals surface area (Å²) in [6.45, 7) is 0. The van der Waals surface area contributed by atoms with Crippen LogP contribution >= 0.6 is 0 Å². The normalized spacial score (nSPS) is 8.67. The molecular weight excluding hydrogens is 156 g/mol. The lowest BCUT2D eigenvalue weighted by Gasteiger charge is -1.95. The van der Waals surface area contributed by atoms with Gasteiger partial charge in [0.25, 0.3) is 0 Å². The van der Waals surface area contributed by atoms with E-state index in [1.165, 1.54) is 12.1 Å². The Hall–Kier alpha value is -1.93. The van der Waals surface area contributed by atoms with Crippen molar-refractivity contribution in [2.45, 2.75) is 0 Å². The van der Waals surface area contributed by atoms with Crippen molar-refractivity contribution in [2.75, 3.05) is 0 Å². The molecule has 0 unspecified atom stereocenters. The van der Waals surface area contributed by atoms with E-state index >= 15 is 0 Å². The van der Waals surface area contributed by atoms with Crippen molar-refractivity contribution in [1.82, 2.24) is 0 Å². The van der Waals surface area contributed by atoms with Crippen molar-refractivity contribution in [3.63, 3.8) is 0 Å². The van der Waals surface area contributed by atoms with Crippen molar-refractivity contribution in [1.29, 1.82) is 0 Å². The molecule has 0 aromatic heterocycles. The summed E-state index contributed by atoms with van der Waals surface area (Å²) in [7, 11) is 0. The molecular formula is C8H5N2O2-. The number of carboxylic acids is 1. The van der Waals surface area contributed by atoms with Crippen LogP contribution in [0.15, 0.2) is 30.3 Å². The zero-order valence-electron chi connectivity index (χ0n) is 6.10. The van der Waals surface area contributed by atoms with Crippen LogP contribution in [0.2, 0.25) is 0 Å². The third-order valence-corrected chi connectivity index (χ3v) is 1.34. The highest BCUT2D eigenvalue weighted by molar-refractivity contribution is 6.39. The molecule has 4 nitrogen and oxygen atoms in total. The lowest BCUT2D eigenvalue weighted by molar-refractivity contribution is -0.297. The molecule has 0 bridgehead atoms. The number of hydrogen-bond donors (Lipinski definition) is 0. The molecule has 0 N–H and O–H groups in total. The summed E-state index contributed by atoms with van der Waals surface area (Å²) in [6.07, 6.45) is 0. The van der Waals surface area contributed by atoms with Gasteiger partial charge in [0.05, 0.1) is 5.56 Å². The van der Waals surface area contributed by atoms with Crippen LogP contribution in [0.25, 0.3) is 5.53 Å². The first kappa shape index (κ1) is 8.17. The third kappa shape index (κ3) is 1.56. The fourth-order valence-corrected chi connectivity index (χ4v) is 0.812. The molecule has 0 atom stereocenters. The summed E-state index contributed by atoms with van der Waals surface area (Å²) in [5.74, 6) is -1.50. The molecule has 0 spiro atoms. The maximum absolute atomic E-state index is 10.3. The summed E-state index contributed by atoms with van der Waals surface area (Å²) in [5, 5.41) is 10.3. The van der Waals surface area contributed by atoms with Gasteiger partial charge in [-0.15, -0.1) is 0 Å². The Morgan fingerprint density at radius 2 is 1.92 bits per heavy atom.